The van der Waals surface area contributed by atoms with Crippen LogP contribution < -0.4 is 10.1 Å². The lowest BCUT2D eigenvalue weighted by molar-refractivity contribution is 0.415. The first-order valence-electron chi connectivity index (χ1n) is 5.94. The molecule has 2 aromatic rings. The molecule has 0 spiro atoms. The summed E-state index contributed by atoms with van der Waals surface area (Å²) in [5.41, 5.74) is 2.58. The molecule has 98 valence electrons. The van der Waals surface area contributed by atoms with E-state index in [9.17, 15) is 5.26 Å². The highest BCUT2D eigenvalue weighted by molar-refractivity contribution is 5.51. The van der Waals surface area contributed by atoms with Crippen LogP contribution in [-0.4, -0.2) is 16.9 Å². The molecular formula is C14H16N4O. The first-order valence-corrected chi connectivity index (χ1v) is 5.94. The number of benzene rings is 1. The van der Waals surface area contributed by atoms with Gasteiger partial charge in [-0.1, -0.05) is 6.07 Å². The molecule has 1 aromatic heterocycles. The number of anilines is 1. The molecule has 5 heteroatoms. The van der Waals surface area contributed by atoms with Gasteiger partial charge in [-0.15, -0.1) is 0 Å². The molecule has 1 N–H and O–H groups in total. The van der Waals surface area contributed by atoms with Crippen LogP contribution in [-0.2, 0) is 7.05 Å². The second-order valence-electron chi connectivity index (χ2n) is 4.28. The van der Waals surface area contributed by atoms with Gasteiger partial charge in [-0.05, 0) is 19.1 Å². The lowest BCUT2D eigenvalue weighted by Gasteiger charge is -2.13. The fourth-order valence-electron chi connectivity index (χ4n) is 1.96. The Morgan fingerprint density at radius 3 is 2.84 bits per heavy atom. The zero-order valence-corrected chi connectivity index (χ0v) is 11.2. The number of rotatable bonds is 4. The molecule has 2 rings (SSSR count). The van der Waals surface area contributed by atoms with Gasteiger partial charge in [-0.2, -0.15) is 10.4 Å². The van der Waals surface area contributed by atoms with Crippen molar-refractivity contribution in [2.24, 2.45) is 7.05 Å². The fraction of sp³-hybridized carbons (Fsp3) is 0.286. The molecule has 0 saturated carbocycles. The van der Waals surface area contributed by atoms with Gasteiger partial charge >= 0.3 is 0 Å². The van der Waals surface area contributed by atoms with E-state index < -0.39 is 6.04 Å². The molecule has 0 aliphatic carbocycles. The molecule has 0 bridgehead atoms. The van der Waals surface area contributed by atoms with E-state index >= 15 is 0 Å². The molecule has 1 aromatic carbocycles. The Hall–Kier alpha value is -2.48. The van der Waals surface area contributed by atoms with Crippen LogP contribution >= 0.6 is 0 Å². The highest BCUT2D eigenvalue weighted by Crippen LogP contribution is 2.23. The third kappa shape index (κ3) is 2.86. The Kier molecular flexibility index (Phi) is 3.71. The Bertz CT molecular complexity index is 612. The van der Waals surface area contributed by atoms with Crippen LogP contribution in [0.3, 0.4) is 0 Å². The Balaban J connectivity index is 2.24. The monoisotopic (exact) mass is 256 g/mol. The topological polar surface area (TPSA) is 62.9 Å². The second kappa shape index (κ2) is 5.44. The van der Waals surface area contributed by atoms with Gasteiger partial charge in [-0.25, -0.2) is 0 Å². The normalized spacial score (nSPS) is 11.7. The van der Waals surface area contributed by atoms with E-state index in [1.165, 1.54) is 0 Å². The van der Waals surface area contributed by atoms with E-state index in [2.05, 4.69) is 16.5 Å². The Morgan fingerprint density at radius 2 is 2.26 bits per heavy atom. The van der Waals surface area contributed by atoms with Gasteiger partial charge in [0.15, 0.2) is 0 Å². The maximum atomic E-state index is 9.32. The molecular weight excluding hydrogens is 240 g/mol. The van der Waals surface area contributed by atoms with E-state index in [1.807, 2.05) is 44.4 Å². The molecule has 0 amide bonds. The van der Waals surface area contributed by atoms with Crippen molar-refractivity contribution in [3.63, 3.8) is 0 Å². The van der Waals surface area contributed by atoms with E-state index in [1.54, 1.807) is 11.8 Å². The minimum Gasteiger partial charge on any atom is -0.497 e. The van der Waals surface area contributed by atoms with Crippen LogP contribution in [0.5, 0.6) is 5.75 Å². The molecule has 0 radical (unpaired) electrons. The number of hydrogen-bond donors (Lipinski definition) is 1. The van der Waals surface area contributed by atoms with Gasteiger partial charge in [0, 0.05) is 30.6 Å². The van der Waals surface area contributed by atoms with E-state index in [0.717, 1.165) is 22.7 Å². The third-order valence-corrected chi connectivity index (χ3v) is 2.87. The van der Waals surface area contributed by atoms with Gasteiger partial charge in [-0.3, -0.25) is 4.68 Å². The lowest BCUT2D eigenvalue weighted by atomic mass is 10.1. The summed E-state index contributed by atoms with van der Waals surface area (Å²) < 4.78 is 6.87. The highest BCUT2D eigenvalue weighted by atomic mass is 16.5. The quantitative estimate of drug-likeness (QED) is 0.912. The van der Waals surface area contributed by atoms with Crippen LogP contribution in [0.15, 0.2) is 30.5 Å². The summed E-state index contributed by atoms with van der Waals surface area (Å²) in [5.74, 6) is 0.754. The summed E-state index contributed by atoms with van der Waals surface area (Å²) in [5, 5.41) is 16.8. The predicted molar refractivity (Wildman–Crippen MR) is 72.9 cm³/mol. The average molecular weight is 256 g/mol. The van der Waals surface area contributed by atoms with Crippen LogP contribution in [0.4, 0.5) is 5.69 Å². The number of methoxy groups -OCH3 is 1. The van der Waals surface area contributed by atoms with Gasteiger partial charge in [0.2, 0.25) is 0 Å². The first kappa shape index (κ1) is 13.0. The first-order chi connectivity index (χ1) is 9.13. The SMILES string of the molecule is COc1cccc(NC(C#N)c2cn(C)nc2C)c1. The summed E-state index contributed by atoms with van der Waals surface area (Å²) >= 11 is 0. The van der Waals surface area contributed by atoms with Crippen molar-refractivity contribution in [2.75, 3.05) is 12.4 Å². The number of nitrogens with zero attached hydrogens (tertiary/aromatic N) is 3. The maximum absolute atomic E-state index is 9.32. The summed E-state index contributed by atoms with van der Waals surface area (Å²) in [4.78, 5) is 0. The summed E-state index contributed by atoms with van der Waals surface area (Å²) in [7, 11) is 3.46. The molecule has 0 saturated heterocycles. The molecule has 0 aliphatic heterocycles. The van der Waals surface area contributed by atoms with Crippen molar-refractivity contribution in [1.82, 2.24) is 9.78 Å². The number of hydrogen-bond acceptors (Lipinski definition) is 4. The van der Waals surface area contributed by atoms with Crippen molar-refractivity contribution < 1.29 is 4.74 Å². The molecule has 5 nitrogen and oxygen atoms in total. The largest absolute Gasteiger partial charge is 0.497 e. The molecule has 1 unspecified atom stereocenters. The van der Waals surface area contributed by atoms with Crippen molar-refractivity contribution in [3.8, 4) is 11.8 Å². The van der Waals surface area contributed by atoms with Gasteiger partial charge < -0.3 is 10.1 Å². The van der Waals surface area contributed by atoms with Crippen LogP contribution in [0.1, 0.15) is 17.3 Å². The third-order valence-electron chi connectivity index (χ3n) is 2.87. The van der Waals surface area contributed by atoms with Gasteiger partial charge in [0.05, 0.1) is 18.9 Å². The summed E-state index contributed by atoms with van der Waals surface area (Å²) in [6.45, 7) is 1.90. The smallest absolute Gasteiger partial charge is 0.143 e. The van der Waals surface area contributed by atoms with Crippen molar-refractivity contribution >= 4 is 5.69 Å². The van der Waals surface area contributed by atoms with Crippen molar-refractivity contribution in [2.45, 2.75) is 13.0 Å². The Labute approximate surface area is 112 Å². The lowest BCUT2D eigenvalue weighted by Crippen LogP contribution is -2.09. The molecule has 1 atom stereocenters. The standard InChI is InChI=1S/C14H16N4O/c1-10-13(9-18(2)17-10)14(8-15)16-11-5-4-6-12(7-11)19-3/h4-7,9,14,16H,1-3H3. The molecule has 1 heterocycles. The number of nitrogens with one attached hydrogen (secondary N) is 1. The summed E-state index contributed by atoms with van der Waals surface area (Å²) in [6.07, 6.45) is 1.86. The van der Waals surface area contributed by atoms with Gasteiger partial charge in [0.25, 0.3) is 0 Å². The molecule has 0 fully saturated rings. The number of nitriles is 1. The zero-order chi connectivity index (χ0) is 13.8. The molecule has 19 heavy (non-hydrogen) atoms. The van der Waals surface area contributed by atoms with Gasteiger partial charge in [0.1, 0.15) is 11.8 Å². The fourth-order valence-corrected chi connectivity index (χ4v) is 1.96. The van der Waals surface area contributed by atoms with Crippen molar-refractivity contribution in [1.29, 1.82) is 5.26 Å². The maximum Gasteiger partial charge on any atom is 0.143 e. The van der Waals surface area contributed by atoms with Crippen LogP contribution in [0, 0.1) is 18.3 Å². The molecule has 0 aliphatic rings. The number of aromatic nitrogens is 2. The second-order valence-corrected chi connectivity index (χ2v) is 4.28. The van der Waals surface area contributed by atoms with E-state index in [4.69, 9.17) is 4.74 Å². The average Bonchev–Trinajstić information content (AvgIpc) is 2.75. The zero-order valence-electron chi connectivity index (χ0n) is 11.2. The minimum absolute atomic E-state index is 0.430. The van der Waals surface area contributed by atoms with E-state index in [-0.39, 0.29) is 0 Å². The number of ether oxygens (including phenoxy) is 1. The highest BCUT2D eigenvalue weighted by Gasteiger charge is 2.15. The van der Waals surface area contributed by atoms with Crippen molar-refractivity contribution in [3.05, 3.63) is 41.7 Å². The summed E-state index contributed by atoms with van der Waals surface area (Å²) in [6, 6.07) is 9.33. The van der Waals surface area contributed by atoms with Crippen LogP contribution in [0.25, 0.3) is 0 Å². The predicted octanol–water partition coefficient (Wildman–Crippen LogP) is 2.41. The van der Waals surface area contributed by atoms with Crippen LogP contribution in [0.2, 0.25) is 0 Å². The van der Waals surface area contributed by atoms with E-state index in [0.29, 0.717) is 0 Å². The Morgan fingerprint density at radius 1 is 1.47 bits per heavy atom. The number of aryl methyl sites for hydroxylation is 2. The minimum atomic E-state index is -0.430.